The van der Waals surface area contributed by atoms with Crippen LogP contribution in [0.1, 0.15) is 6.42 Å². The van der Waals surface area contributed by atoms with Gasteiger partial charge < -0.3 is 11.1 Å². The molecular weight excluding hydrogens is 139 g/mol. The number of alkyl halides is 1. The van der Waals surface area contributed by atoms with E-state index in [1.165, 1.54) is 0 Å². The maximum Gasteiger partial charge on any atom is 0.114 e. The van der Waals surface area contributed by atoms with E-state index in [1.807, 2.05) is 0 Å². The molecule has 2 nitrogen and oxygen atoms in total. The Kier molecular flexibility index (Phi) is 1.97. The fourth-order valence-corrected chi connectivity index (χ4v) is 1.09. The van der Waals surface area contributed by atoms with Gasteiger partial charge in [-0.3, -0.25) is 0 Å². The van der Waals surface area contributed by atoms with Crippen molar-refractivity contribution in [3.05, 3.63) is 0 Å². The van der Waals surface area contributed by atoms with E-state index in [1.54, 1.807) is 0 Å². The molecule has 0 aromatic rings. The summed E-state index contributed by atoms with van der Waals surface area (Å²) in [5.74, 6) is 0. The second kappa shape index (κ2) is 2.58. The zero-order valence-electron chi connectivity index (χ0n) is 4.93. The molecule has 9 heavy (non-hydrogen) atoms. The Morgan fingerprint density at radius 3 is 2.67 bits per heavy atom. The van der Waals surface area contributed by atoms with Crippen molar-refractivity contribution in [3.8, 4) is 0 Å². The summed E-state index contributed by atoms with van der Waals surface area (Å²) < 4.78 is 12.4. The van der Waals surface area contributed by atoms with Gasteiger partial charge in [0.05, 0.1) is 11.0 Å². The minimum Gasteiger partial charge on any atom is -0.392 e. The maximum absolute atomic E-state index is 12.4. The van der Waals surface area contributed by atoms with Gasteiger partial charge in [0.25, 0.3) is 0 Å². The fourth-order valence-electron chi connectivity index (χ4n) is 0.909. The van der Waals surface area contributed by atoms with Crippen LogP contribution in [0.25, 0.3) is 0 Å². The van der Waals surface area contributed by atoms with E-state index in [0.717, 1.165) is 0 Å². The van der Waals surface area contributed by atoms with Crippen LogP contribution in [0.5, 0.6) is 0 Å². The third-order valence-corrected chi connectivity index (χ3v) is 1.71. The summed E-state index contributed by atoms with van der Waals surface area (Å²) in [6.07, 6.45) is -0.327. The van der Waals surface area contributed by atoms with Crippen molar-refractivity contribution >= 4 is 17.2 Å². The molecule has 1 fully saturated rings. The molecule has 0 aromatic carbocycles. The Morgan fingerprint density at radius 1 is 1.78 bits per heavy atom. The summed E-state index contributed by atoms with van der Waals surface area (Å²) in [5.41, 5.74) is 5.26. The summed E-state index contributed by atoms with van der Waals surface area (Å²) in [6, 6.07) is -0.0741. The summed E-state index contributed by atoms with van der Waals surface area (Å²) in [6.45, 7) is 0.391. The van der Waals surface area contributed by atoms with Crippen molar-refractivity contribution in [3.63, 3.8) is 0 Å². The molecule has 0 aliphatic carbocycles. The second-order valence-corrected chi connectivity index (χ2v) is 2.67. The van der Waals surface area contributed by atoms with Gasteiger partial charge in [0.15, 0.2) is 0 Å². The van der Waals surface area contributed by atoms with Crippen LogP contribution in [0.2, 0.25) is 0 Å². The van der Waals surface area contributed by atoms with Gasteiger partial charge in [-0.1, -0.05) is 12.2 Å². The zero-order chi connectivity index (χ0) is 6.85. The summed E-state index contributed by atoms with van der Waals surface area (Å²) in [5, 5.41) is 2.86. The standard InChI is InChI=1S/C5H9FN2S/c6-3-1-4(5(7)9)8-2-3/h3-4,8H,1-2H2,(H2,7,9). The number of hydrogen-bond donors (Lipinski definition) is 2. The molecule has 1 rings (SSSR count). The van der Waals surface area contributed by atoms with Crippen LogP contribution in [0.15, 0.2) is 0 Å². The van der Waals surface area contributed by atoms with Crippen LogP contribution >= 0.6 is 12.2 Å². The monoisotopic (exact) mass is 148 g/mol. The Balaban J connectivity index is 2.39. The highest BCUT2D eigenvalue weighted by atomic mass is 32.1. The van der Waals surface area contributed by atoms with Crippen molar-refractivity contribution in [2.24, 2.45) is 5.73 Å². The van der Waals surface area contributed by atoms with Gasteiger partial charge in [-0.15, -0.1) is 0 Å². The molecule has 0 bridgehead atoms. The first kappa shape index (κ1) is 6.89. The highest BCUT2D eigenvalue weighted by Gasteiger charge is 2.24. The molecule has 2 unspecified atom stereocenters. The number of halogens is 1. The normalized spacial score (nSPS) is 34.8. The number of thiocarbonyl (C=S) groups is 1. The van der Waals surface area contributed by atoms with E-state index in [2.05, 4.69) is 17.5 Å². The van der Waals surface area contributed by atoms with Gasteiger partial charge in [-0.2, -0.15) is 0 Å². The third kappa shape index (κ3) is 1.59. The summed E-state index contributed by atoms with van der Waals surface area (Å²) in [4.78, 5) is 0.371. The Bertz CT molecular complexity index is 128. The molecule has 0 amide bonds. The molecule has 1 aliphatic rings. The van der Waals surface area contributed by atoms with E-state index in [9.17, 15) is 4.39 Å². The van der Waals surface area contributed by atoms with Gasteiger partial charge in [-0.25, -0.2) is 4.39 Å². The molecule has 2 atom stereocenters. The minimum absolute atomic E-state index is 0.0741. The maximum atomic E-state index is 12.4. The van der Waals surface area contributed by atoms with Crippen LogP contribution in [0, 0.1) is 0 Å². The highest BCUT2D eigenvalue weighted by Crippen LogP contribution is 2.09. The molecule has 0 saturated carbocycles. The first-order chi connectivity index (χ1) is 4.20. The lowest BCUT2D eigenvalue weighted by Gasteiger charge is -2.04. The van der Waals surface area contributed by atoms with Gasteiger partial charge in [0.2, 0.25) is 0 Å². The number of nitrogens with one attached hydrogen (secondary N) is 1. The molecular formula is C5H9FN2S. The van der Waals surface area contributed by atoms with Gasteiger partial charge in [0.1, 0.15) is 6.17 Å². The fraction of sp³-hybridized carbons (Fsp3) is 0.800. The lowest BCUT2D eigenvalue weighted by Crippen LogP contribution is -2.34. The molecule has 0 spiro atoms. The summed E-state index contributed by atoms with van der Waals surface area (Å²) in [7, 11) is 0. The minimum atomic E-state index is -0.767. The van der Waals surface area contributed by atoms with Crippen LogP contribution in [0.4, 0.5) is 4.39 Å². The largest absolute Gasteiger partial charge is 0.392 e. The predicted octanol–water partition coefficient (Wildman–Crippen LogP) is -0.0275. The average Bonchev–Trinajstić information content (AvgIpc) is 2.14. The molecule has 3 N–H and O–H groups in total. The zero-order valence-corrected chi connectivity index (χ0v) is 5.75. The van der Waals surface area contributed by atoms with Crippen molar-refractivity contribution in [2.75, 3.05) is 6.54 Å². The van der Waals surface area contributed by atoms with E-state index in [-0.39, 0.29) is 6.04 Å². The van der Waals surface area contributed by atoms with Crippen LogP contribution < -0.4 is 11.1 Å². The molecule has 0 aromatic heterocycles. The third-order valence-electron chi connectivity index (χ3n) is 1.42. The van der Waals surface area contributed by atoms with Gasteiger partial charge in [0, 0.05) is 13.0 Å². The van der Waals surface area contributed by atoms with Gasteiger partial charge in [-0.05, 0) is 0 Å². The number of hydrogen-bond acceptors (Lipinski definition) is 2. The van der Waals surface area contributed by atoms with Crippen LogP contribution in [0.3, 0.4) is 0 Å². The van der Waals surface area contributed by atoms with E-state index < -0.39 is 6.17 Å². The first-order valence-corrected chi connectivity index (χ1v) is 3.27. The molecule has 52 valence electrons. The quantitative estimate of drug-likeness (QED) is 0.513. The highest BCUT2D eigenvalue weighted by molar-refractivity contribution is 7.80. The van der Waals surface area contributed by atoms with E-state index >= 15 is 0 Å². The lowest BCUT2D eigenvalue weighted by molar-refractivity contribution is 0.359. The number of nitrogens with two attached hydrogens (primary N) is 1. The Labute approximate surface area is 58.6 Å². The molecule has 1 aliphatic heterocycles. The average molecular weight is 148 g/mol. The van der Waals surface area contributed by atoms with Crippen molar-refractivity contribution in [2.45, 2.75) is 18.6 Å². The first-order valence-electron chi connectivity index (χ1n) is 2.87. The van der Waals surface area contributed by atoms with Crippen molar-refractivity contribution < 1.29 is 4.39 Å². The molecule has 1 saturated heterocycles. The molecule has 4 heteroatoms. The smallest absolute Gasteiger partial charge is 0.114 e. The predicted molar refractivity (Wildman–Crippen MR) is 38.1 cm³/mol. The number of rotatable bonds is 1. The summed E-state index contributed by atoms with van der Waals surface area (Å²) >= 11 is 4.66. The topological polar surface area (TPSA) is 38.0 Å². The molecule has 0 radical (unpaired) electrons. The van der Waals surface area contributed by atoms with E-state index in [4.69, 9.17) is 5.73 Å². The Morgan fingerprint density at radius 2 is 2.44 bits per heavy atom. The molecule has 1 heterocycles. The van der Waals surface area contributed by atoms with Crippen LogP contribution in [-0.2, 0) is 0 Å². The van der Waals surface area contributed by atoms with Crippen molar-refractivity contribution in [1.29, 1.82) is 0 Å². The lowest BCUT2D eigenvalue weighted by atomic mass is 10.2. The Hall–Kier alpha value is -0.220. The SMILES string of the molecule is NC(=S)C1CC(F)CN1. The van der Waals surface area contributed by atoms with Crippen molar-refractivity contribution in [1.82, 2.24) is 5.32 Å². The van der Waals surface area contributed by atoms with Gasteiger partial charge >= 0.3 is 0 Å². The second-order valence-electron chi connectivity index (χ2n) is 2.20. The van der Waals surface area contributed by atoms with Crippen LogP contribution in [-0.4, -0.2) is 23.7 Å². The van der Waals surface area contributed by atoms with E-state index in [0.29, 0.717) is 18.0 Å².